The van der Waals surface area contributed by atoms with Gasteiger partial charge in [0.25, 0.3) is 0 Å². The van der Waals surface area contributed by atoms with Crippen molar-refractivity contribution in [2.24, 2.45) is 0 Å². The van der Waals surface area contributed by atoms with Crippen molar-refractivity contribution in [3.8, 4) is 11.3 Å². The van der Waals surface area contributed by atoms with Crippen molar-refractivity contribution in [1.29, 1.82) is 0 Å². The molecule has 1 fully saturated rings. The number of benzene rings is 1. The van der Waals surface area contributed by atoms with Gasteiger partial charge >= 0.3 is 0 Å². The quantitative estimate of drug-likeness (QED) is 0.827. The van der Waals surface area contributed by atoms with Gasteiger partial charge in [0.15, 0.2) is 0 Å². The summed E-state index contributed by atoms with van der Waals surface area (Å²) in [5, 5.41) is 4.58. The molecule has 0 unspecified atom stereocenters. The van der Waals surface area contributed by atoms with Crippen molar-refractivity contribution >= 4 is 29.0 Å². The van der Waals surface area contributed by atoms with Crippen molar-refractivity contribution < 1.29 is 0 Å². The van der Waals surface area contributed by atoms with Gasteiger partial charge in [-0.3, -0.25) is 0 Å². The Labute approximate surface area is 134 Å². The Morgan fingerprint density at radius 1 is 1.10 bits per heavy atom. The number of hydrogen-bond donors (Lipinski definition) is 1. The molecule has 0 radical (unpaired) electrons. The van der Waals surface area contributed by atoms with Crippen molar-refractivity contribution in [1.82, 2.24) is 9.97 Å². The molecular formula is C16H17Cl2N3. The summed E-state index contributed by atoms with van der Waals surface area (Å²) >= 11 is 12.2. The maximum atomic E-state index is 6.09. The van der Waals surface area contributed by atoms with Gasteiger partial charge in [-0.2, -0.15) is 0 Å². The summed E-state index contributed by atoms with van der Waals surface area (Å²) in [7, 11) is 0. The summed E-state index contributed by atoms with van der Waals surface area (Å²) in [5.41, 5.74) is 1.80. The van der Waals surface area contributed by atoms with Crippen LogP contribution in [0.2, 0.25) is 10.0 Å². The largest absolute Gasteiger partial charge is 0.370 e. The first-order valence-electron chi connectivity index (χ1n) is 7.25. The van der Waals surface area contributed by atoms with Crippen LogP contribution in [-0.4, -0.2) is 16.5 Å². The lowest BCUT2D eigenvalue weighted by Gasteiger charge is -2.10. The van der Waals surface area contributed by atoms with E-state index in [2.05, 4.69) is 22.2 Å². The minimum absolute atomic E-state index is 0.502. The number of aromatic nitrogens is 2. The molecular weight excluding hydrogens is 305 g/mol. The number of rotatable bonds is 5. The highest BCUT2D eigenvalue weighted by molar-refractivity contribution is 6.35. The Bertz CT molecular complexity index is 634. The third kappa shape index (κ3) is 3.66. The van der Waals surface area contributed by atoms with Gasteiger partial charge in [0.05, 0.1) is 5.69 Å². The lowest BCUT2D eigenvalue weighted by atomic mass is 10.1. The third-order valence-electron chi connectivity index (χ3n) is 3.40. The molecule has 0 saturated heterocycles. The van der Waals surface area contributed by atoms with E-state index in [1.54, 1.807) is 6.07 Å². The van der Waals surface area contributed by atoms with Crippen LogP contribution in [0.25, 0.3) is 11.3 Å². The predicted molar refractivity (Wildman–Crippen MR) is 88.2 cm³/mol. The van der Waals surface area contributed by atoms with Crippen LogP contribution in [-0.2, 0) is 0 Å². The van der Waals surface area contributed by atoms with Crippen LogP contribution in [0.1, 0.15) is 37.9 Å². The van der Waals surface area contributed by atoms with Gasteiger partial charge < -0.3 is 5.32 Å². The van der Waals surface area contributed by atoms with Gasteiger partial charge in [0.2, 0.25) is 0 Å². The van der Waals surface area contributed by atoms with E-state index in [1.807, 2.05) is 18.2 Å². The van der Waals surface area contributed by atoms with Crippen molar-refractivity contribution in [2.75, 3.05) is 11.9 Å². The monoisotopic (exact) mass is 321 g/mol. The highest BCUT2D eigenvalue weighted by atomic mass is 35.5. The first-order valence-corrected chi connectivity index (χ1v) is 8.00. The zero-order valence-electron chi connectivity index (χ0n) is 11.9. The van der Waals surface area contributed by atoms with Gasteiger partial charge in [-0.05, 0) is 37.5 Å². The highest BCUT2D eigenvalue weighted by Gasteiger charge is 2.27. The lowest BCUT2D eigenvalue weighted by molar-refractivity contribution is 0.911. The van der Waals surface area contributed by atoms with Crippen molar-refractivity contribution in [3.05, 3.63) is 40.1 Å². The number of nitrogens with zero attached hydrogens (tertiary/aromatic N) is 2. The molecule has 1 aromatic heterocycles. The first-order chi connectivity index (χ1) is 10.2. The predicted octanol–water partition coefficient (Wildman–Crippen LogP) is 5.15. The van der Waals surface area contributed by atoms with Crippen molar-refractivity contribution in [3.63, 3.8) is 0 Å². The fourth-order valence-corrected chi connectivity index (χ4v) is 2.71. The number of anilines is 1. The molecule has 2 aromatic rings. The van der Waals surface area contributed by atoms with E-state index in [1.165, 1.54) is 12.8 Å². The molecule has 0 aliphatic heterocycles. The number of hydrogen-bond acceptors (Lipinski definition) is 3. The average Bonchev–Trinajstić information content (AvgIpc) is 3.28. The van der Waals surface area contributed by atoms with E-state index in [0.29, 0.717) is 16.0 Å². The molecule has 0 bridgehead atoms. The molecule has 1 aromatic carbocycles. The molecule has 3 rings (SSSR count). The summed E-state index contributed by atoms with van der Waals surface area (Å²) in [6.45, 7) is 3.03. The van der Waals surface area contributed by atoms with Crippen LogP contribution in [0.3, 0.4) is 0 Å². The Morgan fingerprint density at radius 2 is 1.81 bits per heavy atom. The second kappa shape index (κ2) is 6.20. The van der Waals surface area contributed by atoms with Gasteiger partial charge in [-0.25, -0.2) is 9.97 Å². The van der Waals surface area contributed by atoms with E-state index in [4.69, 9.17) is 23.2 Å². The van der Waals surface area contributed by atoms with Gasteiger partial charge in [0, 0.05) is 34.1 Å². The number of halogens is 2. The van der Waals surface area contributed by atoms with E-state index in [9.17, 15) is 0 Å². The summed E-state index contributed by atoms with van der Waals surface area (Å²) in [4.78, 5) is 9.30. The Hall–Kier alpha value is -1.32. The van der Waals surface area contributed by atoms with Gasteiger partial charge in [-0.15, -0.1) is 0 Å². The fraction of sp³-hybridized carbons (Fsp3) is 0.375. The Morgan fingerprint density at radius 3 is 2.43 bits per heavy atom. The molecule has 1 aliphatic carbocycles. The summed E-state index contributed by atoms with van der Waals surface area (Å²) in [6, 6.07) is 7.46. The van der Waals surface area contributed by atoms with Crippen LogP contribution < -0.4 is 5.32 Å². The average molecular weight is 322 g/mol. The maximum Gasteiger partial charge on any atom is 0.134 e. The molecule has 0 atom stereocenters. The van der Waals surface area contributed by atoms with Gasteiger partial charge in [0.1, 0.15) is 11.6 Å². The molecule has 0 amide bonds. The minimum atomic E-state index is 0.502. The topological polar surface area (TPSA) is 37.8 Å². The zero-order chi connectivity index (χ0) is 14.8. The minimum Gasteiger partial charge on any atom is -0.370 e. The van der Waals surface area contributed by atoms with E-state index in [-0.39, 0.29) is 0 Å². The van der Waals surface area contributed by atoms with E-state index in [0.717, 1.165) is 35.9 Å². The van der Waals surface area contributed by atoms with Crippen LogP contribution >= 0.6 is 23.2 Å². The highest BCUT2D eigenvalue weighted by Crippen LogP contribution is 2.39. The molecule has 5 heteroatoms. The summed E-state index contributed by atoms with van der Waals surface area (Å²) < 4.78 is 0. The summed E-state index contributed by atoms with van der Waals surface area (Å²) in [6.07, 6.45) is 3.40. The van der Waals surface area contributed by atoms with E-state index < -0.39 is 0 Å². The molecule has 3 nitrogen and oxygen atoms in total. The Balaban J connectivity index is 2.01. The second-order valence-corrected chi connectivity index (χ2v) is 6.23. The molecule has 110 valence electrons. The van der Waals surface area contributed by atoms with Gasteiger partial charge in [-0.1, -0.05) is 30.1 Å². The fourth-order valence-electron chi connectivity index (χ4n) is 2.18. The van der Waals surface area contributed by atoms with Crippen LogP contribution in [0.5, 0.6) is 0 Å². The SMILES string of the molecule is CCCNc1cc(-c2cc(Cl)cc(Cl)c2)nc(C2CC2)n1. The number of nitrogens with one attached hydrogen (secondary N) is 1. The standard InChI is InChI=1S/C16H17Cl2N3/c1-2-5-19-15-9-14(20-16(21-15)10-3-4-10)11-6-12(17)8-13(18)7-11/h6-10H,2-5H2,1H3,(H,19,20,21). The molecule has 1 aliphatic rings. The zero-order valence-corrected chi connectivity index (χ0v) is 13.4. The van der Waals surface area contributed by atoms with Crippen molar-refractivity contribution in [2.45, 2.75) is 32.1 Å². The Kier molecular flexibility index (Phi) is 4.32. The van der Waals surface area contributed by atoms with Crippen LogP contribution in [0.15, 0.2) is 24.3 Å². The third-order valence-corrected chi connectivity index (χ3v) is 3.84. The second-order valence-electron chi connectivity index (χ2n) is 5.36. The van der Waals surface area contributed by atoms with E-state index >= 15 is 0 Å². The molecule has 0 spiro atoms. The smallest absolute Gasteiger partial charge is 0.134 e. The first kappa shape index (κ1) is 14.6. The molecule has 1 saturated carbocycles. The lowest BCUT2D eigenvalue weighted by Crippen LogP contribution is -2.05. The van der Waals surface area contributed by atoms with Crippen LogP contribution in [0, 0.1) is 0 Å². The molecule has 1 N–H and O–H groups in total. The molecule has 1 heterocycles. The molecule has 21 heavy (non-hydrogen) atoms. The van der Waals surface area contributed by atoms with Crippen LogP contribution in [0.4, 0.5) is 5.82 Å². The maximum absolute atomic E-state index is 6.09. The normalized spacial score (nSPS) is 14.2. The summed E-state index contributed by atoms with van der Waals surface area (Å²) in [5.74, 6) is 2.30.